The number of hydrogen-bond acceptors (Lipinski definition) is 6. The van der Waals surface area contributed by atoms with Crippen LogP contribution in [-0.2, 0) is 4.74 Å². The molecule has 108 valence electrons. The van der Waals surface area contributed by atoms with Crippen molar-refractivity contribution in [2.75, 3.05) is 25.2 Å². The van der Waals surface area contributed by atoms with Gasteiger partial charge in [-0.3, -0.25) is 10.1 Å². The summed E-state index contributed by atoms with van der Waals surface area (Å²) in [5.74, 6) is 0. The van der Waals surface area contributed by atoms with Crippen LogP contribution in [0.15, 0.2) is 6.07 Å². The van der Waals surface area contributed by atoms with Gasteiger partial charge in [-0.1, -0.05) is 0 Å². The number of methoxy groups -OCH3 is 1. The van der Waals surface area contributed by atoms with Gasteiger partial charge in [-0.05, 0) is 20.8 Å². The molecule has 1 N–H and O–H groups in total. The van der Waals surface area contributed by atoms with Gasteiger partial charge in [0.2, 0.25) is 0 Å². The summed E-state index contributed by atoms with van der Waals surface area (Å²) in [7, 11) is 1.60. The standard InChI is InChI=1S/C12H20N2O4S/c1-8(2)13(5-6-18-4)12-10(14(16)17)7-11(19-12)9(3)15/h7-9,15H,5-6H2,1-4H3. The maximum atomic E-state index is 11.1. The summed E-state index contributed by atoms with van der Waals surface area (Å²) in [6, 6.07) is 1.57. The molecule has 0 amide bonds. The molecule has 0 aliphatic carbocycles. The molecule has 7 heteroatoms. The first-order chi connectivity index (χ1) is 8.88. The third-order valence-electron chi connectivity index (χ3n) is 2.74. The van der Waals surface area contributed by atoms with Crippen LogP contribution < -0.4 is 4.90 Å². The number of aliphatic hydroxyl groups excluding tert-OH is 1. The molecule has 1 atom stereocenters. The van der Waals surface area contributed by atoms with Crippen LogP contribution in [-0.4, -0.2) is 36.3 Å². The monoisotopic (exact) mass is 288 g/mol. The van der Waals surface area contributed by atoms with Crippen LogP contribution in [0.4, 0.5) is 10.7 Å². The summed E-state index contributed by atoms with van der Waals surface area (Å²) in [6.07, 6.45) is -0.700. The summed E-state index contributed by atoms with van der Waals surface area (Å²) in [5.41, 5.74) is 0.0469. The lowest BCUT2D eigenvalue weighted by atomic mass is 10.3. The Kier molecular flexibility index (Phi) is 5.71. The molecule has 0 aliphatic heterocycles. The van der Waals surface area contributed by atoms with Gasteiger partial charge in [-0.15, -0.1) is 11.3 Å². The second-order valence-electron chi connectivity index (χ2n) is 4.55. The van der Waals surface area contributed by atoms with Gasteiger partial charge in [-0.25, -0.2) is 0 Å². The molecule has 0 saturated heterocycles. The number of nitro groups is 1. The molecule has 19 heavy (non-hydrogen) atoms. The van der Waals surface area contributed by atoms with Gasteiger partial charge in [0.1, 0.15) is 0 Å². The van der Waals surface area contributed by atoms with Crippen molar-refractivity contribution in [3.8, 4) is 0 Å². The molecular weight excluding hydrogens is 268 g/mol. The summed E-state index contributed by atoms with van der Waals surface area (Å²) in [4.78, 5) is 13.3. The van der Waals surface area contributed by atoms with E-state index in [4.69, 9.17) is 4.74 Å². The third kappa shape index (κ3) is 3.89. The predicted octanol–water partition coefficient (Wildman–Crippen LogP) is 2.57. The molecule has 1 aromatic rings. The molecule has 1 unspecified atom stereocenters. The molecule has 0 aromatic carbocycles. The van der Waals surface area contributed by atoms with E-state index in [9.17, 15) is 15.2 Å². The molecular formula is C12H20N2O4S. The van der Waals surface area contributed by atoms with Crippen molar-refractivity contribution in [2.45, 2.75) is 32.9 Å². The van der Waals surface area contributed by atoms with E-state index in [0.29, 0.717) is 23.0 Å². The van der Waals surface area contributed by atoms with Crippen molar-refractivity contribution in [2.24, 2.45) is 0 Å². The lowest BCUT2D eigenvalue weighted by Gasteiger charge is -2.26. The zero-order valence-electron chi connectivity index (χ0n) is 11.6. The molecule has 1 rings (SSSR count). The quantitative estimate of drug-likeness (QED) is 0.616. The number of aliphatic hydroxyl groups is 1. The van der Waals surface area contributed by atoms with Gasteiger partial charge in [0.15, 0.2) is 5.00 Å². The number of anilines is 1. The van der Waals surface area contributed by atoms with E-state index < -0.39 is 11.0 Å². The Morgan fingerprint density at radius 2 is 2.16 bits per heavy atom. The van der Waals surface area contributed by atoms with E-state index in [1.165, 1.54) is 17.4 Å². The number of hydrogen-bond donors (Lipinski definition) is 1. The average Bonchev–Trinajstić information content (AvgIpc) is 2.74. The van der Waals surface area contributed by atoms with Gasteiger partial charge in [0.05, 0.1) is 17.6 Å². The Bertz CT molecular complexity index is 431. The highest BCUT2D eigenvalue weighted by Crippen LogP contribution is 2.40. The minimum atomic E-state index is -0.700. The third-order valence-corrected chi connectivity index (χ3v) is 4.07. The van der Waals surface area contributed by atoms with E-state index in [2.05, 4.69) is 0 Å². The fraction of sp³-hybridized carbons (Fsp3) is 0.667. The smallest absolute Gasteiger partial charge is 0.304 e. The van der Waals surface area contributed by atoms with Crippen LogP contribution in [0.1, 0.15) is 31.8 Å². The lowest BCUT2D eigenvalue weighted by Crippen LogP contribution is -2.33. The fourth-order valence-electron chi connectivity index (χ4n) is 1.72. The Morgan fingerprint density at radius 3 is 2.58 bits per heavy atom. The highest BCUT2D eigenvalue weighted by atomic mass is 32.1. The molecule has 0 spiro atoms. The largest absolute Gasteiger partial charge is 0.388 e. The van der Waals surface area contributed by atoms with Crippen molar-refractivity contribution < 1.29 is 14.8 Å². The van der Waals surface area contributed by atoms with Crippen molar-refractivity contribution in [3.63, 3.8) is 0 Å². The normalized spacial score (nSPS) is 12.7. The second-order valence-corrected chi connectivity index (χ2v) is 5.61. The first kappa shape index (κ1) is 15.9. The summed E-state index contributed by atoms with van der Waals surface area (Å²) in [5, 5.41) is 21.3. The zero-order valence-corrected chi connectivity index (χ0v) is 12.4. The van der Waals surface area contributed by atoms with E-state index in [0.717, 1.165) is 0 Å². The van der Waals surface area contributed by atoms with Crippen molar-refractivity contribution in [1.29, 1.82) is 0 Å². The molecule has 0 bridgehead atoms. The van der Waals surface area contributed by atoms with E-state index in [1.807, 2.05) is 18.7 Å². The summed E-state index contributed by atoms with van der Waals surface area (Å²) in [6.45, 7) is 6.63. The van der Waals surface area contributed by atoms with Crippen LogP contribution in [0.25, 0.3) is 0 Å². The van der Waals surface area contributed by atoms with Gasteiger partial charge in [0.25, 0.3) is 0 Å². The summed E-state index contributed by atoms with van der Waals surface area (Å²) < 4.78 is 5.04. The number of nitrogens with zero attached hydrogens (tertiary/aromatic N) is 2. The SMILES string of the molecule is COCCN(c1sc(C(C)O)cc1[N+](=O)[O-])C(C)C. The van der Waals surface area contributed by atoms with Gasteiger partial charge < -0.3 is 14.7 Å². The minimum absolute atomic E-state index is 0.0469. The van der Waals surface area contributed by atoms with Crippen molar-refractivity contribution >= 4 is 22.0 Å². The van der Waals surface area contributed by atoms with Crippen molar-refractivity contribution in [3.05, 3.63) is 21.1 Å². The van der Waals surface area contributed by atoms with Gasteiger partial charge >= 0.3 is 5.69 Å². The molecule has 0 saturated carbocycles. The predicted molar refractivity (Wildman–Crippen MR) is 76.0 cm³/mol. The van der Waals surface area contributed by atoms with E-state index in [1.54, 1.807) is 14.0 Å². The average molecular weight is 288 g/mol. The minimum Gasteiger partial charge on any atom is -0.388 e. The van der Waals surface area contributed by atoms with E-state index in [-0.39, 0.29) is 11.7 Å². The van der Waals surface area contributed by atoms with Crippen LogP contribution in [0.3, 0.4) is 0 Å². The Balaban J connectivity index is 3.16. The maximum Gasteiger partial charge on any atom is 0.304 e. The molecule has 0 radical (unpaired) electrons. The highest BCUT2D eigenvalue weighted by molar-refractivity contribution is 7.16. The molecule has 1 heterocycles. The van der Waals surface area contributed by atoms with Gasteiger partial charge in [-0.2, -0.15) is 0 Å². The van der Waals surface area contributed by atoms with Crippen molar-refractivity contribution in [1.82, 2.24) is 0 Å². The first-order valence-electron chi connectivity index (χ1n) is 6.10. The van der Waals surface area contributed by atoms with Gasteiger partial charge in [0, 0.05) is 30.6 Å². The highest BCUT2D eigenvalue weighted by Gasteiger charge is 2.26. The molecule has 1 aromatic heterocycles. The van der Waals surface area contributed by atoms with Crippen LogP contribution in [0, 0.1) is 10.1 Å². The van der Waals surface area contributed by atoms with Crippen LogP contribution in [0.5, 0.6) is 0 Å². The van der Waals surface area contributed by atoms with Crippen LogP contribution >= 0.6 is 11.3 Å². The Hall–Kier alpha value is -1.18. The van der Waals surface area contributed by atoms with E-state index >= 15 is 0 Å². The fourth-order valence-corrected chi connectivity index (χ4v) is 2.94. The number of ether oxygens (including phenoxy) is 1. The molecule has 6 nitrogen and oxygen atoms in total. The van der Waals surface area contributed by atoms with Crippen LogP contribution in [0.2, 0.25) is 0 Å². The molecule has 0 fully saturated rings. The molecule has 0 aliphatic rings. The first-order valence-corrected chi connectivity index (χ1v) is 6.91. The zero-order chi connectivity index (χ0) is 14.6. The topological polar surface area (TPSA) is 75.8 Å². The summed E-state index contributed by atoms with van der Waals surface area (Å²) >= 11 is 1.26. The lowest BCUT2D eigenvalue weighted by molar-refractivity contribution is -0.383. The maximum absolute atomic E-state index is 11.1. The number of rotatable bonds is 7. The Labute approximate surface area is 116 Å². The Morgan fingerprint density at radius 1 is 1.53 bits per heavy atom. The second kappa shape index (κ2) is 6.83. The number of thiophene rings is 1.